The van der Waals surface area contributed by atoms with Crippen molar-refractivity contribution in [1.29, 1.82) is 0 Å². The summed E-state index contributed by atoms with van der Waals surface area (Å²) in [6, 6.07) is 4.74. The highest BCUT2D eigenvalue weighted by molar-refractivity contribution is 8.00. The number of carbonyl (C=O) groups excluding carboxylic acids is 1. The minimum Gasteiger partial charge on any atom is -0.339 e. The minimum atomic E-state index is -3.71. The summed E-state index contributed by atoms with van der Waals surface area (Å²) in [5.74, 6) is -0.394. The predicted molar refractivity (Wildman–Crippen MR) is 109 cm³/mol. The minimum absolute atomic E-state index is 0.0449. The van der Waals surface area contributed by atoms with E-state index in [1.165, 1.54) is 34.5 Å². The van der Waals surface area contributed by atoms with Crippen molar-refractivity contribution in [2.75, 3.05) is 31.9 Å². The number of thioether (sulfide) groups is 1. The molecule has 1 fully saturated rings. The Bertz CT molecular complexity index is 1170. The lowest BCUT2D eigenvalue weighted by atomic mass is 10.3. The summed E-state index contributed by atoms with van der Waals surface area (Å²) in [5, 5.41) is 5.62. The number of hydrogen-bond donors (Lipinski definition) is 0. The van der Waals surface area contributed by atoms with Gasteiger partial charge in [-0.25, -0.2) is 22.8 Å². The lowest BCUT2D eigenvalue weighted by molar-refractivity contribution is -0.129. The lowest BCUT2D eigenvalue weighted by Crippen LogP contribution is -2.50. The number of carbonyl (C=O) groups is 1. The SMILES string of the molecule is Cn1ncc2c(SCC(=O)N3CCN(S(=O)(=O)c4ccc(F)cc4)CC3)ncnc21. The molecule has 12 heteroatoms. The van der Waals surface area contributed by atoms with Gasteiger partial charge in [-0.2, -0.15) is 9.40 Å². The van der Waals surface area contributed by atoms with Crippen molar-refractivity contribution in [3.63, 3.8) is 0 Å². The van der Waals surface area contributed by atoms with Crippen molar-refractivity contribution in [2.45, 2.75) is 9.92 Å². The molecule has 4 rings (SSSR count). The van der Waals surface area contributed by atoms with Crippen LogP contribution in [0.5, 0.6) is 0 Å². The first-order valence-corrected chi connectivity index (χ1v) is 11.6. The van der Waals surface area contributed by atoms with E-state index in [2.05, 4.69) is 15.1 Å². The third-order valence-corrected chi connectivity index (χ3v) is 7.77. The van der Waals surface area contributed by atoms with E-state index < -0.39 is 15.8 Å². The van der Waals surface area contributed by atoms with Crippen LogP contribution in [-0.2, 0) is 21.9 Å². The molecular formula is C18H19FN6O3S2. The summed E-state index contributed by atoms with van der Waals surface area (Å²) in [4.78, 5) is 22.7. The van der Waals surface area contributed by atoms with Crippen LogP contribution in [0.25, 0.3) is 11.0 Å². The van der Waals surface area contributed by atoms with Crippen LogP contribution in [0, 0.1) is 5.82 Å². The van der Waals surface area contributed by atoms with Gasteiger partial charge in [0, 0.05) is 33.2 Å². The number of benzene rings is 1. The van der Waals surface area contributed by atoms with E-state index in [0.717, 1.165) is 17.5 Å². The molecular weight excluding hydrogens is 431 g/mol. The van der Waals surface area contributed by atoms with Gasteiger partial charge in [0.05, 0.1) is 22.2 Å². The molecule has 3 heterocycles. The molecule has 30 heavy (non-hydrogen) atoms. The highest BCUT2D eigenvalue weighted by atomic mass is 32.2. The molecule has 0 bridgehead atoms. The van der Waals surface area contributed by atoms with Gasteiger partial charge >= 0.3 is 0 Å². The van der Waals surface area contributed by atoms with Gasteiger partial charge in [0.15, 0.2) is 5.65 Å². The maximum Gasteiger partial charge on any atom is 0.243 e. The molecule has 0 N–H and O–H groups in total. The van der Waals surface area contributed by atoms with Crippen LogP contribution in [0.15, 0.2) is 46.7 Å². The molecule has 0 spiro atoms. The highest BCUT2D eigenvalue weighted by Crippen LogP contribution is 2.24. The van der Waals surface area contributed by atoms with Crippen LogP contribution in [-0.4, -0.2) is 75.2 Å². The van der Waals surface area contributed by atoms with Crippen molar-refractivity contribution in [1.82, 2.24) is 29.0 Å². The second kappa shape index (κ2) is 8.28. The molecule has 0 atom stereocenters. The Hall–Kier alpha value is -2.57. The second-order valence-electron chi connectivity index (χ2n) is 6.71. The van der Waals surface area contributed by atoms with E-state index >= 15 is 0 Å². The molecule has 1 aliphatic heterocycles. The Morgan fingerprint density at radius 3 is 2.53 bits per heavy atom. The summed E-state index contributed by atoms with van der Waals surface area (Å²) >= 11 is 1.31. The summed E-state index contributed by atoms with van der Waals surface area (Å²) in [7, 11) is -1.92. The average molecular weight is 451 g/mol. The van der Waals surface area contributed by atoms with Gasteiger partial charge in [0.25, 0.3) is 0 Å². The van der Waals surface area contributed by atoms with Crippen molar-refractivity contribution in [2.24, 2.45) is 7.05 Å². The van der Waals surface area contributed by atoms with E-state index in [1.807, 2.05) is 0 Å². The molecule has 1 aromatic carbocycles. The number of hydrogen-bond acceptors (Lipinski definition) is 7. The highest BCUT2D eigenvalue weighted by Gasteiger charge is 2.30. The molecule has 0 radical (unpaired) electrons. The Morgan fingerprint density at radius 1 is 1.13 bits per heavy atom. The van der Waals surface area contributed by atoms with Crippen molar-refractivity contribution >= 4 is 38.7 Å². The zero-order valence-electron chi connectivity index (χ0n) is 16.1. The standard InChI is InChI=1S/C18H19FN6O3S2/c1-23-17-15(10-22-23)18(21-12-20-17)29-11-16(26)24-6-8-25(9-7-24)30(27,28)14-4-2-13(19)3-5-14/h2-5,10,12H,6-9,11H2,1H3. The van der Waals surface area contributed by atoms with Gasteiger partial charge in [-0.05, 0) is 24.3 Å². The zero-order chi connectivity index (χ0) is 21.3. The fourth-order valence-corrected chi connectivity index (χ4v) is 5.50. The molecule has 0 unspecified atom stereocenters. The van der Waals surface area contributed by atoms with Gasteiger partial charge in [0.2, 0.25) is 15.9 Å². The number of amides is 1. The van der Waals surface area contributed by atoms with Crippen molar-refractivity contribution in [3.8, 4) is 0 Å². The summed E-state index contributed by atoms with van der Waals surface area (Å²) in [6.45, 7) is 0.977. The number of halogens is 1. The summed E-state index contributed by atoms with van der Waals surface area (Å²) < 4.78 is 41.4. The molecule has 2 aromatic heterocycles. The fourth-order valence-electron chi connectivity index (χ4n) is 3.21. The first-order valence-electron chi connectivity index (χ1n) is 9.15. The third-order valence-electron chi connectivity index (χ3n) is 4.87. The largest absolute Gasteiger partial charge is 0.339 e. The quantitative estimate of drug-likeness (QED) is 0.424. The normalized spacial score (nSPS) is 15.6. The van der Waals surface area contributed by atoms with E-state index in [-0.39, 0.29) is 29.6 Å². The zero-order valence-corrected chi connectivity index (χ0v) is 17.7. The van der Waals surface area contributed by atoms with E-state index in [1.54, 1.807) is 22.8 Å². The molecule has 1 amide bonds. The average Bonchev–Trinajstić information content (AvgIpc) is 3.14. The first kappa shape index (κ1) is 20.7. The Balaban J connectivity index is 1.35. The van der Waals surface area contributed by atoms with Crippen molar-refractivity contribution < 1.29 is 17.6 Å². The monoisotopic (exact) mass is 450 g/mol. The molecule has 3 aromatic rings. The van der Waals surface area contributed by atoms with Crippen LogP contribution < -0.4 is 0 Å². The molecule has 9 nitrogen and oxygen atoms in total. The molecule has 1 aliphatic rings. The molecule has 0 aliphatic carbocycles. The predicted octanol–water partition coefficient (Wildman–Crippen LogP) is 1.13. The van der Waals surface area contributed by atoms with Crippen LogP contribution in [0.3, 0.4) is 0 Å². The Morgan fingerprint density at radius 2 is 1.83 bits per heavy atom. The van der Waals surface area contributed by atoms with Crippen LogP contribution in [0.4, 0.5) is 4.39 Å². The topological polar surface area (TPSA) is 101 Å². The lowest BCUT2D eigenvalue weighted by Gasteiger charge is -2.34. The Kier molecular flexibility index (Phi) is 5.71. The number of rotatable bonds is 5. The van der Waals surface area contributed by atoms with Crippen LogP contribution in [0.1, 0.15) is 0 Å². The van der Waals surface area contributed by atoms with Gasteiger partial charge in [-0.3, -0.25) is 9.48 Å². The number of aromatic nitrogens is 4. The smallest absolute Gasteiger partial charge is 0.243 e. The van der Waals surface area contributed by atoms with E-state index in [4.69, 9.17) is 0 Å². The fraction of sp³-hybridized carbons (Fsp3) is 0.333. The maximum absolute atomic E-state index is 13.1. The van der Waals surface area contributed by atoms with Gasteiger partial charge in [-0.1, -0.05) is 11.8 Å². The third kappa shape index (κ3) is 4.02. The van der Waals surface area contributed by atoms with Crippen LogP contribution >= 0.6 is 11.8 Å². The summed E-state index contributed by atoms with van der Waals surface area (Å²) in [6.07, 6.45) is 3.11. The number of sulfonamides is 1. The van der Waals surface area contributed by atoms with Gasteiger partial charge < -0.3 is 4.90 Å². The van der Waals surface area contributed by atoms with E-state index in [0.29, 0.717) is 23.8 Å². The first-order chi connectivity index (χ1) is 14.4. The molecule has 158 valence electrons. The van der Waals surface area contributed by atoms with E-state index in [9.17, 15) is 17.6 Å². The number of piperazine rings is 1. The van der Waals surface area contributed by atoms with Crippen molar-refractivity contribution in [3.05, 3.63) is 42.6 Å². The summed E-state index contributed by atoms with van der Waals surface area (Å²) in [5.41, 5.74) is 0.694. The number of aryl methyl sites for hydroxylation is 1. The van der Waals surface area contributed by atoms with Gasteiger partial charge in [0.1, 0.15) is 17.2 Å². The number of nitrogens with zero attached hydrogens (tertiary/aromatic N) is 6. The number of fused-ring (bicyclic) bond motifs is 1. The molecule has 1 saturated heterocycles. The second-order valence-corrected chi connectivity index (χ2v) is 9.61. The Labute approximate surface area is 176 Å². The maximum atomic E-state index is 13.1. The molecule has 0 saturated carbocycles. The van der Waals surface area contributed by atoms with Crippen LogP contribution in [0.2, 0.25) is 0 Å². The van der Waals surface area contributed by atoms with Gasteiger partial charge in [-0.15, -0.1) is 0 Å².